The van der Waals surface area contributed by atoms with E-state index in [1.54, 1.807) is 0 Å². The van der Waals surface area contributed by atoms with Crippen molar-refractivity contribution in [3.05, 3.63) is 0 Å². The predicted molar refractivity (Wildman–Crippen MR) is 58.7 cm³/mol. The Labute approximate surface area is 79.5 Å². The SMILES string of the molecule is CC.CCC.CCCOCCC. The van der Waals surface area contributed by atoms with E-state index in [1.807, 2.05) is 13.8 Å². The molecule has 0 aromatic heterocycles. The summed E-state index contributed by atoms with van der Waals surface area (Å²) in [6.07, 6.45) is 3.53. The highest BCUT2D eigenvalue weighted by atomic mass is 16.5. The lowest BCUT2D eigenvalue weighted by molar-refractivity contribution is 0.135. The molecule has 1 heteroatoms. The molecule has 0 radical (unpaired) electrons. The average Bonchev–Trinajstić information content (AvgIpc) is 2.11. The molecule has 0 atom stereocenters. The zero-order chi connectivity index (χ0) is 10.2. The first-order valence-electron chi connectivity index (χ1n) is 5.41. The van der Waals surface area contributed by atoms with Crippen LogP contribution in [0.5, 0.6) is 0 Å². The smallest absolute Gasteiger partial charge is 0.0463 e. The van der Waals surface area contributed by atoms with Crippen LogP contribution in [0.25, 0.3) is 0 Å². The molecule has 0 fully saturated rings. The fourth-order valence-corrected chi connectivity index (χ4v) is 0.391. The highest BCUT2D eigenvalue weighted by Crippen LogP contribution is 1.81. The van der Waals surface area contributed by atoms with Crippen LogP contribution in [0.3, 0.4) is 0 Å². The summed E-state index contributed by atoms with van der Waals surface area (Å²) in [6.45, 7) is 14.3. The minimum Gasteiger partial charge on any atom is -0.381 e. The Hall–Kier alpha value is -0.0400. The normalized spacial score (nSPS) is 7.50. The highest BCUT2D eigenvalue weighted by molar-refractivity contribution is 4.25. The first-order chi connectivity index (χ1) is 5.83. The van der Waals surface area contributed by atoms with Gasteiger partial charge in [-0.3, -0.25) is 0 Å². The third kappa shape index (κ3) is 51.0. The van der Waals surface area contributed by atoms with Crippen molar-refractivity contribution in [2.45, 2.75) is 60.8 Å². The molecule has 0 spiro atoms. The Balaban J connectivity index is -0.000000137. The first kappa shape index (κ1) is 17.9. The fourth-order valence-electron chi connectivity index (χ4n) is 0.391. The van der Waals surface area contributed by atoms with Crippen LogP contribution in [0, 0.1) is 0 Å². The van der Waals surface area contributed by atoms with E-state index in [0.717, 1.165) is 26.1 Å². The molecule has 0 saturated carbocycles. The van der Waals surface area contributed by atoms with Gasteiger partial charge in [0.15, 0.2) is 0 Å². The van der Waals surface area contributed by atoms with E-state index < -0.39 is 0 Å². The fraction of sp³-hybridized carbons (Fsp3) is 1.00. The summed E-state index contributed by atoms with van der Waals surface area (Å²) in [5, 5.41) is 0. The number of hydrogen-bond donors (Lipinski definition) is 0. The van der Waals surface area contributed by atoms with Crippen LogP contribution in [-0.2, 0) is 4.74 Å². The second-order valence-electron chi connectivity index (χ2n) is 2.32. The molecule has 0 aliphatic carbocycles. The molecule has 78 valence electrons. The van der Waals surface area contributed by atoms with Crippen molar-refractivity contribution in [2.24, 2.45) is 0 Å². The van der Waals surface area contributed by atoms with Crippen LogP contribution < -0.4 is 0 Å². The number of rotatable bonds is 4. The zero-order valence-corrected chi connectivity index (χ0v) is 9.94. The molecule has 0 saturated heterocycles. The Morgan fingerprint density at radius 2 is 1.00 bits per heavy atom. The molecular weight excluding hydrogens is 148 g/mol. The van der Waals surface area contributed by atoms with Gasteiger partial charge in [0, 0.05) is 13.2 Å². The Kier molecular flexibility index (Phi) is 45.6. The molecule has 0 bridgehead atoms. The molecular formula is C11H28O. The lowest BCUT2D eigenvalue weighted by atomic mass is 10.5. The molecule has 0 aromatic rings. The summed E-state index contributed by atoms with van der Waals surface area (Å²) in [5.41, 5.74) is 0. The van der Waals surface area contributed by atoms with Gasteiger partial charge in [0.1, 0.15) is 0 Å². The van der Waals surface area contributed by atoms with Crippen LogP contribution in [-0.4, -0.2) is 13.2 Å². The molecule has 0 heterocycles. The maximum atomic E-state index is 5.13. The molecule has 0 amide bonds. The van der Waals surface area contributed by atoms with Crippen molar-refractivity contribution in [1.29, 1.82) is 0 Å². The van der Waals surface area contributed by atoms with E-state index in [1.165, 1.54) is 6.42 Å². The number of hydrogen-bond acceptors (Lipinski definition) is 1. The van der Waals surface area contributed by atoms with Crippen molar-refractivity contribution in [1.82, 2.24) is 0 Å². The number of ether oxygens (including phenoxy) is 1. The van der Waals surface area contributed by atoms with E-state index in [0.29, 0.717) is 0 Å². The standard InChI is InChI=1S/C6H14O.C3H8.C2H6/c1-3-5-7-6-4-2;1-3-2;1-2/h3-6H2,1-2H3;3H2,1-2H3;1-2H3. The third-order valence-electron chi connectivity index (χ3n) is 0.697. The van der Waals surface area contributed by atoms with Crippen LogP contribution in [0.15, 0.2) is 0 Å². The Bertz CT molecular complexity index is 32.0. The Morgan fingerprint density at radius 3 is 1.17 bits per heavy atom. The quantitative estimate of drug-likeness (QED) is 0.581. The maximum Gasteiger partial charge on any atom is 0.0463 e. The lowest BCUT2D eigenvalue weighted by Gasteiger charge is -1.95. The topological polar surface area (TPSA) is 9.23 Å². The predicted octanol–water partition coefficient (Wildman–Crippen LogP) is 4.27. The summed E-state index contributed by atoms with van der Waals surface area (Å²) in [4.78, 5) is 0. The van der Waals surface area contributed by atoms with E-state index in [4.69, 9.17) is 4.74 Å². The van der Waals surface area contributed by atoms with Crippen molar-refractivity contribution in [2.75, 3.05) is 13.2 Å². The first-order valence-corrected chi connectivity index (χ1v) is 5.41. The second kappa shape index (κ2) is 30.6. The van der Waals surface area contributed by atoms with Gasteiger partial charge < -0.3 is 4.74 Å². The van der Waals surface area contributed by atoms with Gasteiger partial charge in [0.05, 0.1) is 0 Å². The molecule has 0 rings (SSSR count). The van der Waals surface area contributed by atoms with E-state index >= 15 is 0 Å². The van der Waals surface area contributed by atoms with Gasteiger partial charge in [-0.2, -0.15) is 0 Å². The van der Waals surface area contributed by atoms with Crippen LogP contribution in [0.1, 0.15) is 60.8 Å². The largest absolute Gasteiger partial charge is 0.381 e. The summed E-state index contributed by atoms with van der Waals surface area (Å²) in [7, 11) is 0. The van der Waals surface area contributed by atoms with Gasteiger partial charge in [-0.15, -0.1) is 0 Å². The third-order valence-corrected chi connectivity index (χ3v) is 0.697. The summed E-state index contributed by atoms with van der Waals surface area (Å²) in [5.74, 6) is 0. The van der Waals surface area contributed by atoms with Gasteiger partial charge in [0.25, 0.3) is 0 Å². The molecule has 0 unspecified atom stereocenters. The van der Waals surface area contributed by atoms with Gasteiger partial charge in [-0.25, -0.2) is 0 Å². The molecule has 0 aliphatic rings. The van der Waals surface area contributed by atoms with Crippen molar-refractivity contribution in [3.63, 3.8) is 0 Å². The van der Waals surface area contributed by atoms with E-state index in [9.17, 15) is 0 Å². The summed E-state index contributed by atoms with van der Waals surface area (Å²) < 4.78 is 5.13. The van der Waals surface area contributed by atoms with Crippen LogP contribution >= 0.6 is 0 Å². The van der Waals surface area contributed by atoms with Crippen molar-refractivity contribution in [3.8, 4) is 0 Å². The molecule has 1 nitrogen and oxygen atoms in total. The maximum absolute atomic E-state index is 5.13. The highest BCUT2D eigenvalue weighted by Gasteiger charge is 1.77. The van der Waals surface area contributed by atoms with E-state index in [2.05, 4.69) is 27.7 Å². The van der Waals surface area contributed by atoms with Crippen molar-refractivity contribution >= 4 is 0 Å². The van der Waals surface area contributed by atoms with Gasteiger partial charge in [-0.1, -0.05) is 48.0 Å². The average molecular weight is 176 g/mol. The molecule has 12 heavy (non-hydrogen) atoms. The zero-order valence-electron chi connectivity index (χ0n) is 9.94. The summed E-state index contributed by atoms with van der Waals surface area (Å²) >= 11 is 0. The molecule has 0 N–H and O–H groups in total. The molecule has 0 aromatic carbocycles. The minimum atomic E-state index is 0.924. The van der Waals surface area contributed by atoms with Crippen molar-refractivity contribution < 1.29 is 4.74 Å². The lowest BCUT2D eigenvalue weighted by Crippen LogP contribution is -1.92. The van der Waals surface area contributed by atoms with Crippen LogP contribution in [0.2, 0.25) is 0 Å². The van der Waals surface area contributed by atoms with Gasteiger partial charge in [0.2, 0.25) is 0 Å². The van der Waals surface area contributed by atoms with Crippen LogP contribution in [0.4, 0.5) is 0 Å². The summed E-state index contributed by atoms with van der Waals surface area (Å²) in [6, 6.07) is 0. The van der Waals surface area contributed by atoms with Gasteiger partial charge >= 0.3 is 0 Å². The van der Waals surface area contributed by atoms with E-state index in [-0.39, 0.29) is 0 Å². The minimum absolute atomic E-state index is 0.924. The Morgan fingerprint density at radius 1 is 0.750 bits per heavy atom. The monoisotopic (exact) mass is 176 g/mol. The van der Waals surface area contributed by atoms with Gasteiger partial charge in [-0.05, 0) is 12.8 Å². The molecule has 0 aliphatic heterocycles. The second-order valence-corrected chi connectivity index (χ2v) is 2.32.